The number of nitrogens with zero attached hydrogens (tertiary/aromatic N) is 2. The second-order valence-electron chi connectivity index (χ2n) is 7.02. The summed E-state index contributed by atoms with van der Waals surface area (Å²) in [6, 6.07) is 16.9. The lowest BCUT2D eigenvalue weighted by atomic mass is 10.1. The largest absolute Gasteiger partial charge is 0.457 e. The molecule has 2 aromatic rings. The standard InChI is InChI=1S/C21H27N3O3/c1-23(2)14-17-15-24(11-12-26-16-17)21(25)22-18-7-6-10-20(13-18)27-19-8-4-3-5-9-19/h3-10,13,17H,11-12,14-16H2,1-2H3,(H,22,25). The summed E-state index contributed by atoms with van der Waals surface area (Å²) in [5, 5.41) is 2.98. The fraction of sp³-hybridized carbons (Fsp3) is 0.381. The van der Waals surface area contributed by atoms with Gasteiger partial charge in [-0.1, -0.05) is 24.3 Å². The SMILES string of the molecule is CN(C)CC1COCCN(C(=O)Nc2cccc(Oc3ccccc3)c2)C1. The Morgan fingerprint density at radius 1 is 1.19 bits per heavy atom. The third-order valence-electron chi connectivity index (χ3n) is 4.31. The summed E-state index contributed by atoms with van der Waals surface area (Å²) < 4.78 is 11.5. The van der Waals surface area contributed by atoms with E-state index >= 15 is 0 Å². The molecule has 27 heavy (non-hydrogen) atoms. The molecular formula is C21H27N3O3. The second kappa shape index (κ2) is 9.39. The van der Waals surface area contributed by atoms with Gasteiger partial charge in [0.05, 0.1) is 13.2 Å². The van der Waals surface area contributed by atoms with Gasteiger partial charge < -0.3 is 24.6 Å². The number of anilines is 1. The Morgan fingerprint density at radius 2 is 1.96 bits per heavy atom. The van der Waals surface area contributed by atoms with E-state index in [-0.39, 0.29) is 6.03 Å². The van der Waals surface area contributed by atoms with E-state index in [0.717, 1.165) is 12.3 Å². The normalized spacial score (nSPS) is 17.4. The molecule has 0 radical (unpaired) electrons. The van der Waals surface area contributed by atoms with Crippen LogP contribution in [0.5, 0.6) is 11.5 Å². The van der Waals surface area contributed by atoms with Crippen LogP contribution in [-0.2, 0) is 4.74 Å². The van der Waals surface area contributed by atoms with Crippen LogP contribution in [0.25, 0.3) is 0 Å². The number of carbonyl (C=O) groups excluding carboxylic acids is 1. The Balaban J connectivity index is 1.62. The van der Waals surface area contributed by atoms with Gasteiger partial charge in [-0.15, -0.1) is 0 Å². The van der Waals surface area contributed by atoms with Crippen LogP contribution in [0.3, 0.4) is 0 Å². The Labute approximate surface area is 160 Å². The molecule has 0 aromatic heterocycles. The monoisotopic (exact) mass is 369 g/mol. The number of hydrogen-bond acceptors (Lipinski definition) is 4. The molecule has 3 rings (SSSR count). The molecule has 1 heterocycles. The number of nitrogens with one attached hydrogen (secondary N) is 1. The minimum atomic E-state index is -0.110. The van der Waals surface area contributed by atoms with Crippen molar-refractivity contribution < 1.29 is 14.3 Å². The number of urea groups is 1. The molecule has 0 bridgehead atoms. The molecule has 1 saturated heterocycles. The molecule has 144 valence electrons. The fourth-order valence-corrected chi connectivity index (χ4v) is 3.16. The van der Waals surface area contributed by atoms with Gasteiger partial charge >= 0.3 is 6.03 Å². The Morgan fingerprint density at radius 3 is 2.74 bits per heavy atom. The van der Waals surface area contributed by atoms with Crippen LogP contribution < -0.4 is 10.1 Å². The number of para-hydroxylation sites is 1. The van der Waals surface area contributed by atoms with Crippen LogP contribution in [-0.4, -0.2) is 62.8 Å². The molecule has 1 unspecified atom stereocenters. The number of carbonyl (C=O) groups is 1. The van der Waals surface area contributed by atoms with E-state index in [1.54, 1.807) is 0 Å². The van der Waals surface area contributed by atoms with Crippen LogP contribution >= 0.6 is 0 Å². The molecule has 0 saturated carbocycles. The van der Waals surface area contributed by atoms with Crippen LogP contribution in [0.4, 0.5) is 10.5 Å². The van der Waals surface area contributed by atoms with E-state index < -0.39 is 0 Å². The molecule has 1 fully saturated rings. The average molecular weight is 369 g/mol. The summed E-state index contributed by atoms with van der Waals surface area (Å²) in [5.74, 6) is 1.75. The van der Waals surface area contributed by atoms with Crippen LogP contribution in [0.15, 0.2) is 54.6 Å². The van der Waals surface area contributed by atoms with Crippen molar-refractivity contribution in [3.8, 4) is 11.5 Å². The first kappa shape index (κ1) is 19.2. The second-order valence-corrected chi connectivity index (χ2v) is 7.02. The third kappa shape index (κ3) is 5.98. The quantitative estimate of drug-likeness (QED) is 0.876. The van der Waals surface area contributed by atoms with Crippen molar-refractivity contribution in [2.24, 2.45) is 5.92 Å². The molecule has 6 heteroatoms. The molecule has 1 aliphatic rings. The lowest BCUT2D eigenvalue weighted by Gasteiger charge is -2.25. The smallest absolute Gasteiger partial charge is 0.321 e. The summed E-state index contributed by atoms with van der Waals surface area (Å²) >= 11 is 0. The minimum absolute atomic E-state index is 0.110. The van der Waals surface area contributed by atoms with E-state index in [1.165, 1.54) is 0 Å². The zero-order valence-corrected chi connectivity index (χ0v) is 15.9. The topological polar surface area (TPSA) is 54.0 Å². The van der Waals surface area contributed by atoms with Crippen LogP contribution in [0, 0.1) is 5.92 Å². The first-order chi connectivity index (χ1) is 13.1. The predicted octanol–water partition coefficient (Wildman–Crippen LogP) is 3.52. The minimum Gasteiger partial charge on any atom is -0.457 e. The average Bonchev–Trinajstić information content (AvgIpc) is 2.88. The summed E-state index contributed by atoms with van der Waals surface area (Å²) in [6.07, 6.45) is 0. The van der Waals surface area contributed by atoms with Crippen molar-refractivity contribution in [2.75, 3.05) is 52.3 Å². The maximum Gasteiger partial charge on any atom is 0.321 e. The molecular weight excluding hydrogens is 342 g/mol. The summed E-state index contributed by atoms with van der Waals surface area (Å²) in [4.78, 5) is 16.7. The first-order valence-electron chi connectivity index (χ1n) is 9.21. The van der Waals surface area contributed by atoms with Gasteiger partial charge in [-0.2, -0.15) is 0 Å². The number of ether oxygens (including phenoxy) is 2. The van der Waals surface area contributed by atoms with Gasteiger partial charge in [0, 0.05) is 37.3 Å². The maximum absolute atomic E-state index is 12.7. The third-order valence-corrected chi connectivity index (χ3v) is 4.31. The Bertz CT molecular complexity index is 736. The fourth-order valence-electron chi connectivity index (χ4n) is 3.16. The van der Waals surface area contributed by atoms with Crippen molar-refractivity contribution in [1.29, 1.82) is 0 Å². The van der Waals surface area contributed by atoms with E-state index in [2.05, 4.69) is 10.2 Å². The Hall–Kier alpha value is -2.57. The van der Waals surface area contributed by atoms with Crippen molar-refractivity contribution in [3.63, 3.8) is 0 Å². The predicted molar refractivity (Wildman–Crippen MR) is 106 cm³/mol. The number of hydrogen-bond donors (Lipinski definition) is 1. The highest BCUT2D eigenvalue weighted by molar-refractivity contribution is 5.89. The molecule has 2 amide bonds. The van der Waals surface area contributed by atoms with Gasteiger partial charge in [-0.05, 0) is 38.4 Å². The van der Waals surface area contributed by atoms with E-state index in [9.17, 15) is 4.79 Å². The molecule has 6 nitrogen and oxygen atoms in total. The zero-order valence-electron chi connectivity index (χ0n) is 15.9. The zero-order chi connectivity index (χ0) is 19.1. The number of amides is 2. The van der Waals surface area contributed by atoms with Crippen LogP contribution in [0.2, 0.25) is 0 Å². The molecule has 0 aliphatic carbocycles. The molecule has 1 aliphatic heterocycles. The van der Waals surface area contributed by atoms with Crippen LogP contribution in [0.1, 0.15) is 0 Å². The highest BCUT2D eigenvalue weighted by Crippen LogP contribution is 2.24. The molecule has 1 atom stereocenters. The molecule has 1 N–H and O–H groups in total. The van der Waals surface area contributed by atoms with E-state index in [1.807, 2.05) is 73.6 Å². The molecule has 2 aromatic carbocycles. The van der Waals surface area contributed by atoms with Gasteiger partial charge in [0.25, 0.3) is 0 Å². The molecule has 0 spiro atoms. The van der Waals surface area contributed by atoms with Crippen molar-refractivity contribution in [2.45, 2.75) is 0 Å². The van der Waals surface area contributed by atoms with Crippen molar-refractivity contribution in [1.82, 2.24) is 9.80 Å². The van der Waals surface area contributed by atoms with Gasteiger partial charge in [0.1, 0.15) is 11.5 Å². The van der Waals surface area contributed by atoms with Crippen molar-refractivity contribution >= 4 is 11.7 Å². The van der Waals surface area contributed by atoms with Gasteiger partial charge in [-0.3, -0.25) is 0 Å². The Kier molecular flexibility index (Phi) is 6.68. The maximum atomic E-state index is 12.7. The van der Waals surface area contributed by atoms with Gasteiger partial charge in [-0.25, -0.2) is 4.79 Å². The summed E-state index contributed by atoms with van der Waals surface area (Å²) in [7, 11) is 4.07. The number of benzene rings is 2. The summed E-state index contributed by atoms with van der Waals surface area (Å²) in [6.45, 7) is 3.42. The first-order valence-corrected chi connectivity index (χ1v) is 9.21. The van der Waals surface area contributed by atoms with E-state index in [0.29, 0.717) is 43.7 Å². The lowest BCUT2D eigenvalue weighted by Crippen LogP contribution is -2.41. The summed E-state index contributed by atoms with van der Waals surface area (Å²) in [5.41, 5.74) is 0.711. The highest BCUT2D eigenvalue weighted by atomic mass is 16.5. The lowest BCUT2D eigenvalue weighted by molar-refractivity contribution is 0.112. The number of rotatable bonds is 5. The van der Waals surface area contributed by atoms with Gasteiger partial charge in [0.15, 0.2) is 0 Å². The van der Waals surface area contributed by atoms with Crippen molar-refractivity contribution in [3.05, 3.63) is 54.6 Å². The highest BCUT2D eigenvalue weighted by Gasteiger charge is 2.23. The van der Waals surface area contributed by atoms with Gasteiger partial charge in [0.2, 0.25) is 0 Å². The van der Waals surface area contributed by atoms with E-state index in [4.69, 9.17) is 9.47 Å².